The van der Waals surface area contributed by atoms with Gasteiger partial charge in [-0.15, -0.1) is 0 Å². The van der Waals surface area contributed by atoms with Gasteiger partial charge >= 0.3 is 0 Å². The first-order valence-corrected chi connectivity index (χ1v) is 11.4. The molecule has 178 valence electrons. The summed E-state index contributed by atoms with van der Waals surface area (Å²) < 4.78 is 43.2. The van der Waals surface area contributed by atoms with Crippen molar-refractivity contribution in [1.82, 2.24) is 20.1 Å². The second-order valence-corrected chi connectivity index (χ2v) is 8.96. The first kappa shape index (κ1) is 23.5. The topological polar surface area (TPSA) is 74.5 Å². The first-order chi connectivity index (χ1) is 15.9. The number of nitrogens with two attached hydrogens (primary N) is 1. The Morgan fingerprint density at radius 3 is 2.42 bits per heavy atom. The number of hydrogen-bond acceptors (Lipinski definition) is 5. The van der Waals surface area contributed by atoms with E-state index in [1.807, 2.05) is 6.07 Å². The molecule has 4 rings (SSSR count). The number of piperidine rings is 2. The molecule has 0 radical (unpaired) electrons. The van der Waals surface area contributed by atoms with E-state index in [9.17, 15) is 13.6 Å². The zero-order valence-electron chi connectivity index (χ0n) is 18.6. The zero-order chi connectivity index (χ0) is 23.4. The lowest BCUT2D eigenvalue weighted by Crippen LogP contribution is -2.55. The number of carbonyl (C=O) groups excluding carboxylic acids is 1. The third-order valence-corrected chi connectivity index (χ3v) is 6.78. The van der Waals surface area contributed by atoms with Crippen LogP contribution in [0.25, 0.3) is 0 Å². The van der Waals surface area contributed by atoms with Crippen LogP contribution >= 0.6 is 0 Å². The molecule has 9 heteroatoms. The molecular formula is C24H30F3N5O. The summed E-state index contributed by atoms with van der Waals surface area (Å²) in [6, 6.07) is 5.69. The molecule has 2 fully saturated rings. The second-order valence-electron chi connectivity index (χ2n) is 8.96. The van der Waals surface area contributed by atoms with Crippen LogP contribution in [-0.2, 0) is 17.9 Å². The SMILES string of the molecule is Nc1cnccc1CN1CCC(F)(C(=O)N2CCC(NCc3c(F)cccc3F)CC2)CC1. The van der Waals surface area contributed by atoms with Gasteiger partial charge in [-0.25, -0.2) is 13.2 Å². The maximum atomic E-state index is 15.5. The molecule has 0 saturated carbocycles. The molecule has 3 N–H and O–H groups in total. The van der Waals surface area contributed by atoms with Crippen molar-refractivity contribution < 1.29 is 18.0 Å². The van der Waals surface area contributed by atoms with Crippen LogP contribution in [0.3, 0.4) is 0 Å². The molecule has 2 aliphatic heterocycles. The average molecular weight is 462 g/mol. The predicted octanol–water partition coefficient (Wildman–Crippen LogP) is 3.03. The van der Waals surface area contributed by atoms with E-state index < -0.39 is 23.2 Å². The lowest BCUT2D eigenvalue weighted by molar-refractivity contribution is -0.148. The summed E-state index contributed by atoms with van der Waals surface area (Å²) in [5.74, 6) is -1.59. The minimum Gasteiger partial charge on any atom is -0.397 e. The number of amides is 1. The van der Waals surface area contributed by atoms with Gasteiger partial charge in [0.15, 0.2) is 5.67 Å². The number of carbonyl (C=O) groups is 1. The van der Waals surface area contributed by atoms with Crippen molar-refractivity contribution in [2.24, 2.45) is 0 Å². The van der Waals surface area contributed by atoms with Crippen LogP contribution < -0.4 is 11.1 Å². The highest BCUT2D eigenvalue weighted by atomic mass is 19.1. The molecule has 0 bridgehead atoms. The number of likely N-dealkylation sites (tertiary alicyclic amines) is 2. The van der Waals surface area contributed by atoms with Gasteiger partial charge in [-0.2, -0.15) is 0 Å². The van der Waals surface area contributed by atoms with Gasteiger partial charge in [-0.05, 0) is 36.6 Å². The fourth-order valence-electron chi connectivity index (χ4n) is 4.62. The Kier molecular flexibility index (Phi) is 7.19. The minimum atomic E-state index is -1.85. The van der Waals surface area contributed by atoms with E-state index in [0.29, 0.717) is 51.3 Å². The van der Waals surface area contributed by atoms with E-state index in [4.69, 9.17) is 5.73 Å². The van der Waals surface area contributed by atoms with Gasteiger partial charge in [0.25, 0.3) is 5.91 Å². The van der Waals surface area contributed by atoms with E-state index in [1.165, 1.54) is 18.2 Å². The van der Waals surface area contributed by atoms with Crippen LogP contribution in [-0.4, -0.2) is 58.6 Å². The summed E-state index contributed by atoms with van der Waals surface area (Å²) in [5, 5.41) is 3.17. The fraction of sp³-hybridized carbons (Fsp3) is 0.500. The van der Waals surface area contributed by atoms with E-state index in [2.05, 4.69) is 15.2 Å². The maximum absolute atomic E-state index is 15.5. The van der Waals surface area contributed by atoms with Crippen molar-refractivity contribution in [1.29, 1.82) is 0 Å². The van der Waals surface area contributed by atoms with Crippen molar-refractivity contribution >= 4 is 11.6 Å². The van der Waals surface area contributed by atoms with E-state index in [-0.39, 0.29) is 31.0 Å². The Morgan fingerprint density at radius 2 is 1.79 bits per heavy atom. The molecule has 6 nitrogen and oxygen atoms in total. The largest absolute Gasteiger partial charge is 0.397 e. The van der Waals surface area contributed by atoms with E-state index in [0.717, 1.165) is 5.56 Å². The molecule has 0 aliphatic carbocycles. The lowest BCUT2D eigenvalue weighted by Gasteiger charge is -2.40. The van der Waals surface area contributed by atoms with Crippen molar-refractivity contribution in [2.45, 2.75) is 50.5 Å². The van der Waals surface area contributed by atoms with Crippen molar-refractivity contribution in [3.63, 3.8) is 0 Å². The monoisotopic (exact) mass is 461 g/mol. The average Bonchev–Trinajstić information content (AvgIpc) is 2.82. The number of hydrogen-bond donors (Lipinski definition) is 2. The second kappa shape index (κ2) is 10.1. The Balaban J connectivity index is 1.24. The quantitative estimate of drug-likeness (QED) is 0.692. The molecule has 0 atom stereocenters. The number of benzene rings is 1. The van der Waals surface area contributed by atoms with Gasteiger partial charge in [-0.1, -0.05) is 6.07 Å². The van der Waals surface area contributed by atoms with Crippen LogP contribution in [0.2, 0.25) is 0 Å². The van der Waals surface area contributed by atoms with Crippen LogP contribution in [0, 0.1) is 11.6 Å². The molecule has 0 spiro atoms. The molecule has 1 aromatic carbocycles. The van der Waals surface area contributed by atoms with Crippen LogP contribution in [0.5, 0.6) is 0 Å². The highest BCUT2D eigenvalue weighted by Gasteiger charge is 2.44. The van der Waals surface area contributed by atoms with Gasteiger partial charge in [-0.3, -0.25) is 14.7 Å². The van der Waals surface area contributed by atoms with Crippen molar-refractivity contribution in [2.75, 3.05) is 31.9 Å². The van der Waals surface area contributed by atoms with E-state index in [1.54, 1.807) is 17.3 Å². The van der Waals surface area contributed by atoms with Gasteiger partial charge in [0, 0.05) is 69.9 Å². The molecule has 1 amide bonds. The molecule has 1 aromatic heterocycles. The molecule has 0 unspecified atom stereocenters. The number of rotatable bonds is 6. The van der Waals surface area contributed by atoms with Crippen molar-refractivity contribution in [3.05, 3.63) is 59.4 Å². The maximum Gasteiger partial charge on any atom is 0.260 e. The first-order valence-electron chi connectivity index (χ1n) is 11.4. The number of alkyl halides is 1. The van der Waals surface area contributed by atoms with Crippen LogP contribution in [0.1, 0.15) is 36.8 Å². The van der Waals surface area contributed by atoms with Gasteiger partial charge < -0.3 is 16.0 Å². The summed E-state index contributed by atoms with van der Waals surface area (Å²) in [6.45, 7) is 2.52. The number of halogens is 3. The molecule has 3 heterocycles. The smallest absolute Gasteiger partial charge is 0.260 e. The Hall–Kier alpha value is -2.65. The molecule has 2 aliphatic rings. The Morgan fingerprint density at radius 1 is 1.12 bits per heavy atom. The molecular weight excluding hydrogens is 431 g/mol. The summed E-state index contributed by atoms with van der Waals surface area (Å²) in [6.07, 6.45) is 4.83. The highest BCUT2D eigenvalue weighted by Crippen LogP contribution is 2.31. The van der Waals surface area contributed by atoms with Crippen LogP contribution in [0.4, 0.5) is 18.9 Å². The van der Waals surface area contributed by atoms with Gasteiger partial charge in [0.1, 0.15) is 11.6 Å². The number of pyridine rings is 1. The normalized spacial score (nSPS) is 19.5. The molecule has 33 heavy (non-hydrogen) atoms. The van der Waals surface area contributed by atoms with Crippen LogP contribution in [0.15, 0.2) is 36.7 Å². The standard InChI is InChI=1S/C24H30F3N5O/c25-20-2-1-3-21(26)19(20)14-30-18-5-10-32(11-6-18)23(33)24(27)7-12-31(13-8-24)16-17-4-9-29-15-22(17)28/h1-4,9,15,18,30H,5-8,10-14,16,28H2. The van der Waals surface area contributed by atoms with Gasteiger partial charge in [0.05, 0.1) is 11.9 Å². The summed E-state index contributed by atoms with van der Waals surface area (Å²) in [4.78, 5) is 20.6. The summed E-state index contributed by atoms with van der Waals surface area (Å²) >= 11 is 0. The molecule has 2 aromatic rings. The number of nitrogens with zero attached hydrogens (tertiary/aromatic N) is 3. The minimum absolute atomic E-state index is 0.0130. The third-order valence-electron chi connectivity index (χ3n) is 6.78. The van der Waals surface area contributed by atoms with Gasteiger partial charge in [0.2, 0.25) is 0 Å². The predicted molar refractivity (Wildman–Crippen MR) is 120 cm³/mol. The Bertz CT molecular complexity index is 952. The number of nitrogen functional groups attached to an aromatic ring is 1. The Labute approximate surface area is 192 Å². The number of anilines is 1. The lowest BCUT2D eigenvalue weighted by atomic mass is 9.90. The highest BCUT2D eigenvalue weighted by molar-refractivity contribution is 5.85. The molecule has 2 saturated heterocycles. The third kappa shape index (κ3) is 5.47. The van der Waals surface area contributed by atoms with E-state index >= 15 is 4.39 Å². The fourth-order valence-corrected chi connectivity index (χ4v) is 4.62. The number of aromatic nitrogens is 1. The van der Waals surface area contributed by atoms with Crippen molar-refractivity contribution in [3.8, 4) is 0 Å². The number of nitrogens with one attached hydrogen (secondary N) is 1. The summed E-state index contributed by atoms with van der Waals surface area (Å²) in [7, 11) is 0. The zero-order valence-corrected chi connectivity index (χ0v) is 18.6. The summed E-state index contributed by atoms with van der Waals surface area (Å²) in [5.41, 5.74) is 5.68.